The van der Waals surface area contributed by atoms with Gasteiger partial charge in [0.15, 0.2) is 0 Å². The minimum Gasteiger partial charge on any atom is -0.389 e. The summed E-state index contributed by atoms with van der Waals surface area (Å²) in [6, 6.07) is 10.7. The predicted octanol–water partition coefficient (Wildman–Crippen LogP) is 1.58. The molecule has 0 fully saturated rings. The molecule has 0 atom stereocenters. The number of pyridine rings is 1. The predicted molar refractivity (Wildman–Crippen MR) is 83.1 cm³/mol. The van der Waals surface area contributed by atoms with Gasteiger partial charge in [-0.05, 0) is 24.3 Å². The summed E-state index contributed by atoms with van der Waals surface area (Å²) in [5.41, 5.74) is 12.9. The average Bonchev–Trinajstić information content (AvgIpc) is 2.46. The molecule has 5 nitrogen and oxygen atoms in total. The quantitative estimate of drug-likeness (QED) is 0.834. The molecule has 6 heteroatoms. The van der Waals surface area contributed by atoms with Crippen LogP contribution < -0.4 is 16.4 Å². The summed E-state index contributed by atoms with van der Waals surface area (Å²) in [4.78, 5) is 17.7. The molecule has 0 aliphatic heterocycles. The third kappa shape index (κ3) is 2.60. The van der Waals surface area contributed by atoms with E-state index in [1.165, 1.54) is 0 Å². The summed E-state index contributed by atoms with van der Waals surface area (Å²) < 4.78 is 0. The van der Waals surface area contributed by atoms with Crippen LogP contribution in [0, 0.1) is 0 Å². The van der Waals surface area contributed by atoms with E-state index in [9.17, 15) is 4.79 Å². The highest BCUT2D eigenvalue weighted by Gasteiger charge is 2.17. The maximum absolute atomic E-state index is 11.5. The SMILES string of the molecule is CN(c1ccccc1C(N)=S)c1ncccc1C(N)=O. The highest BCUT2D eigenvalue weighted by atomic mass is 32.1. The lowest BCUT2D eigenvalue weighted by Crippen LogP contribution is -2.22. The largest absolute Gasteiger partial charge is 0.389 e. The van der Waals surface area contributed by atoms with Crippen LogP contribution in [0.1, 0.15) is 15.9 Å². The second-order valence-electron chi connectivity index (χ2n) is 4.18. The number of thiocarbonyl (C=S) groups is 1. The molecule has 20 heavy (non-hydrogen) atoms. The molecule has 0 bridgehead atoms. The number of primary amides is 1. The van der Waals surface area contributed by atoms with Crippen LogP contribution in [0.25, 0.3) is 0 Å². The first kappa shape index (κ1) is 14.0. The maximum Gasteiger partial charge on any atom is 0.252 e. The zero-order valence-electron chi connectivity index (χ0n) is 10.9. The van der Waals surface area contributed by atoms with Gasteiger partial charge in [0, 0.05) is 18.8 Å². The molecule has 102 valence electrons. The van der Waals surface area contributed by atoms with Gasteiger partial charge in [0.25, 0.3) is 5.91 Å². The van der Waals surface area contributed by atoms with Crippen LogP contribution in [0.15, 0.2) is 42.6 Å². The number of nitrogens with two attached hydrogens (primary N) is 2. The second-order valence-corrected chi connectivity index (χ2v) is 4.62. The number of amides is 1. The minimum absolute atomic E-state index is 0.281. The lowest BCUT2D eigenvalue weighted by molar-refractivity contribution is 0.100. The summed E-state index contributed by atoms with van der Waals surface area (Å²) in [6.07, 6.45) is 1.60. The number of aromatic nitrogens is 1. The Kier molecular flexibility index (Phi) is 3.95. The van der Waals surface area contributed by atoms with Gasteiger partial charge in [-0.15, -0.1) is 0 Å². The summed E-state index contributed by atoms with van der Waals surface area (Å²) >= 11 is 5.04. The fraction of sp³-hybridized carbons (Fsp3) is 0.0714. The van der Waals surface area contributed by atoms with Gasteiger partial charge in [0.1, 0.15) is 10.8 Å². The average molecular weight is 286 g/mol. The van der Waals surface area contributed by atoms with E-state index in [0.29, 0.717) is 16.9 Å². The molecule has 0 aliphatic carbocycles. The molecular formula is C14H14N4OS. The maximum atomic E-state index is 11.5. The number of rotatable bonds is 4. The minimum atomic E-state index is -0.534. The smallest absolute Gasteiger partial charge is 0.252 e. The third-order valence-corrected chi connectivity index (χ3v) is 3.12. The van der Waals surface area contributed by atoms with E-state index in [1.807, 2.05) is 24.3 Å². The topological polar surface area (TPSA) is 85.2 Å². The Morgan fingerprint density at radius 1 is 1.15 bits per heavy atom. The molecular weight excluding hydrogens is 272 g/mol. The molecule has 0 saturated heterocycles. The van der Waals surface area contributed by atoms with Gasteiger partial charge in [-0.3, -0.25) is 4.79 Å². The van der Waals surface area contributed by atoms with Crippen LogP contribution in [0.2, 0.25) is 0 Å². The van der Waals surface area contributed by atoms with E-state index in [1.54, 1.807) is 30.3 Å². The van der Waals surface area contributed by atoms with Crippen molar-refractivity contribution in [2.75, 3.05) is 11.9 Å². The number of carbonyl (C=O) groups is 1. The fourth-order valence-corrected chi connectivity index (χ4v) is 2.12. The molecule has 1 amide bonds. The highest BCUT2D eigenvalue weighted by Crippen LogP contribution is 2.27. The first-order valence-electron chi connectivity index (χ1n) is 5.89. The van der Waals surface area contributed by atoms with Crippen molar-refractivity contribution < 1.29 is 4.79 Å². The molecule has 2 rings (SSSR count). The van der Waals surface area contributed by atoms with Crippen LogP contribution in [0.3, 0.4) is 0 Å². The van der Waals surface area contributed by atoms with Crippen molar-refractivity contribution in [2.24, 2.45) is 11.5 Å². The zero-order chi connectivity index (χ0) is 14.7. The van der Waals surface area contributed by atoms with Crippen LogP contribution >= 0.6 is 12.2 Å². The number of hydrogen-bond acceptors (Lipinski definition) is 4. The highest BCUT2D eigenvalue weighted by molar-refractivity contribution is 7.80. The number of hydrogen-bond donors (Lipinski definition) is 2. The summed E-state index contributed by atoms with van der Waals surface area (Å²) in [5, 5.41) is 0. The van der Waals surface area contributed by atoms with Crippen molar-refractivity contribution in [3.05, 3.63) is 53.7 Å². The van der Waals surface area contributed by atoms with E-state index in [-0.39, 0.29) is 4.99 Å². The Hall–Kier alpha value is -2.47. The standard InChI is InChI=1S/C14H14N4OS/c1-18(11-7-3-2-5-9(11)13(16)20)14-10(12(15)19)6-4-8-17-14/h2-8H,1H3,(H2,15,19)(H2,16,20). The van der Waals surface area contributed by atoms with Gasteiger partial charge in [-0.1, -0.05) is 24.4 Å². The van der Waals surface area contributed by atoms with E-state index in [0.717, 1.165) is 5.69 Å². The molecule has 0 saturated carbocycles. The molecule has 4 N–H and O–H groups in total. The van der Waals surface area contributed by atoms with E-state index >= 15 is 0 Å². The van der Waals surface area contributed by atoms with Gasteiger partial charge >= 0.3 is 0 Å². The lowest BCUT2D eigenvalue weighted by atomic mass is 10.1. The van der Waals surface area contributed by atoms with Crippen LogP contribution in [0.4, 0.5) is 11.5 Å². The molecule has 0 spiro atoms. The molecule has 0 unspecified atom stereocenters. The summed E-state index contributed by atoms with van der Waals surface area (Å²) in [7, 11) is 1.78. The Morgan fingerprint density at radius 3 is 2.45 bits per heavy atom. The van der Waals surface area contributed by atoms with Crippen molar-refractivity contribution >= 4 is 34.6 Å². The number of benzene rings is 1. The van der Waals surface area contributed by atoms with E-state index in [2.05, 4.69) is 4.98 Å². The van der Waals surface area contributed by atoms with Crippen LogP contribution in [-0.4, -0.2) is 22.9 Å². The number of anilines is 2. The van der Waals surface area contributed by atoms with Crippen LogP contribution in [-0.2, 0) is 0 Å². The fourth-order valence-electron chi connectivity index (χ4n) is 1.95. The molecule has 0 radical (unpaired) electrons. The number of nitrogens with zero attached hydrogens (tertiary/aromatic N) is 2. The van der Waals surface area contributed by atoms with Gasteiger partial charge in [-0.25, -0.2) is 4.98 Å². The normalized spacial score (nSPS) is 10.1. The van der Waals surface area contributed by atoms with E-state index < -0.39 is 5.91 Å². The van der Waals surface area contributed by atoms with Gasteiger partial charge in [-0.2, -0.15) is 0 Å². The van der Waals surface area contributed by atoms with Crippen molar-refractivity contribution in [3.8, 4) is 0 Å². The van der Waals surface area contributed by atoms with Gasteiger partial charge in [0.2, 0.25) is 0 Å². The third-order valence-electron chi connectivity index (χ3n) is 2.90. The number of para-hydroxylation sites is 1. The van der Waals surface area contributed by atoms with Crippen molar-refractivity contribution in [1.82, 2.24) is 4.98 Å². The molecule has 1 aromatic carbocycles. The van der Waals surface area contributed by atoms with Crippen molar-refractivity contribution in [1.29, 1.82) is 0 Å². The summed E-state index contributed by atoms with van der Waals surface area (Å²) in [5.74, 6) is -0.0727. The van der Waals surface area contributed by atoms with Crippen LogP contribution in [0.5, 0.6) is 0 Å². The van der Waals surface area contributed by atoms with Crippen molar-refractivity contribution in [3.63, 3.8) is 0 Å². The molecule has 0 aliphatic rings. The first-order chi connectivity index (χ1) is 9.52. The summed E-state index contributed by atoms with van der Waals surface area (Å²) in [6.45, 7) is 0. The van der Waals surface area contributed by atoms with E-state index in [4.69, 9.17) is 23.7 Å². The molecule has 1 heterocycles. The van der Waals surface area contributed by atoms with Crippen molar-refractivity contribution in [2.45, 2.75) is 0 Å². The lowest BCUT2D eigenvalue weighted by Gasteiger charge is -2.22. The molecule has 1 aromatic heterocycles. The Labute approximate surface area is 122 Å². The Bertz CT molecular complexity index is 614. The zero-order valence-corrected chi connectivity index (χ0v) is 11.7. The van der Waals surface area contributed by atoms with Gasteiger partial charge in [0.05, 0.1) is 11.3 Å². The second kappa shape index (κ2) is 5.66. The van der Waals surface area contributed by atoms with Gasteiger partial charge < -0.3 is 16.4 Å². The monoisotopic (exact) mass is 286 g/mol. The Balaban J connectivity index is 2.55. The first-order valence-corrected chi connectivity index (χ1v) is 6.30. The number of carbonyl (C=O) groups excluding carboxylic acids is 1. The Morgan fingerprint density at radius 2 is 1.80 bits per heavy atom. The molecule has 2 aromatic rings.